The number of hydrogen-bond acceptors (Lipinski definition) is 7. The summed E-state index contributed by atoms with van der Waals surface area (Å²) in [5, 5.41) is 8.08. The number of likely N-dealkylation sites (tertiary alicyclic amines) is 1. The molecular formula is C24H27F2N9O. The molecule has 1 saturated carbocycles. The van der Waals surface area contributed by atoms with Crippen LogP contribution < -0.4 is 5.32 Å². The number of alkyl halides is 2. The highest BCUT2D eigenvalue weighted by Crippen LogP contribution is 2.44. The van der Waals surface area contributed by atoms with Crippen LogP contribution >= 0.6 is 0 Å². The molecule has 4 aromatic heterocycles. The Morgan fingerprint density at radius 2 is 1.97 bits per heavy atom. The maximum Gasteiger partial charge on any atom is 0.256 e. The van der Waals surface area contributed by atoms with E-state index in [2.05, 4.69) is 30.4 Å². The summed E-state index contributed by atoms with van der Waals surface area (Å²) in [6.45, 7) is 4.57. The highest BCUT2D eigenvalue weighted by atomic mass is 19.3. The van der Waals surface area contributed by atoms with E-state index in [1.54, 1.807) is 30.8 Å². The highest BCUT2D eigenvalue weighted by Gasteiger charge is 2.46. The first-order valence-electron chi connectivity index (χ1n) is 12.2. The number of carbonyl (C=O) groups excluding carboxylic acids is 1. The van der Waals surface area contributed by atoms with Crippen molar-refractivity contribution in [2.24, 2.45) is 5.41 Å². The van der Waals surface area contributed by atoms with Crippen molar-refractivity contribution in [2.75, 3.05) is 18.4 Å². The van der Waals surface area contributed by atoms with Gasteiger partial charge in [0.1, 0.15) is 5.82 Å². The molecule has 1 aliphatic heterocycles. The summed E-state index contributed by atoms with van der Waals surface area (Å²) in [6, 6.07) is 2.16. The van der Waals surface area contributed by atoms with Gasteiger partial charge < -0.3 is 14.8 Å². The Morgan fingerprint density at radius 1 is 1.19 bits per heavy atom. The molecule has 12 heteroatoms. The van der Waals surface area contributed by atoms with Crippen molar-refractivity contribution in [1.29, 1.82) is 0 Å². The summed E-state index contributed by atoms with van der Waals surface area (Å²) >= 11 is 0. The predicted molar refractivity (Wildman–Crippen MR) is 129 cm³/mol. The number of hydrogen-bond donors (Lipinski definition) is 1. The van der Waals surface area contributed by atoms with Crippen molar-refractivity contribution in [3.8, 4) is 11.3 Å². The number of nitrogens with zero attached hydrogens (tertiary/aromatic N) is 8. The van der Waals surface area contributed by atoms with Gasteiger partial charge in [-0.3, -0.25) is 4.79 Å². The van der Waals surface area contributed by atoms with Crippen LogP contribution in [0.4, 0.5) is 14.7 Å². The van der Waals surface area contributed by atoms with E-state index in [0.29, 0.717) is 34.8 Å². The lowest BCUT2D eigenvalue weighted by atomic mass is 9.67. The van der Waals surface area contributed by atoms with Crippen LogP contribution in [0, 0.1) is 12.3 Å². The second-order valence-electron chi connectivity index (χ2n) is 10.00. The van der Waals surface area contributed by atoms with Crippen molar-refractivity contribution in [3.05, 3.63) is 30.5 Å². The maximum absolute atomic E-state index is 13.1. The molecule has 1 aliphatic carbocycles. The van der Waals surface area contributed by atoms with Gasteiger partial charge in [0.25, 0.3) is 6.43 Å². The molecule has 0 atom stereocenters. The molecule has 6 rings (SSSR count). The standard InChI is InChI=1S/C24H27F2N9O/c1-14-29-21-22(34(14)11-20(25)26)31-18(9-27-21)17-5-8-35-19(17)10-28-23(32-35)30-16-3-6-24(7-4-16)12-33(13-24)15(2)36/h5,8-10,16,20H,3-4,6-7,11-13H2,1-2H3,(H,30,32). The van der Waals surface area contributed by atoms with E-state index in [0.717, 1.165) is 49.9 Å². The highest BCUT2D eigenvalue weighted by molar-refractivity contribution is 5.80. The molecule has 10 nitrogen and oxygen atoms in total. The minimum atomic E-state index is -2.51. The third-order valence-corrected chi connectivity index (χ3v) is 7.54. The van der Waals surface area contributed by atoms with Crippen molar-refractivity contribution in [1.82, 2.24) is 39.0 Å². The number of amides is 1. The molecule has 0 aromatic carbocycles. The minimum Gasteiger partial charge on any atom is -0.350 e. The van der Waals surface area contributed by atoms with Gasteiger partial charge in [0.05, 0.1) is 30.1 Å². The first-order valence-corrected chi connectivity index (χ1v) is 12.2. The van der Waals surface area contributed by atoms with Crippen molar-refractivity contribution in [2.45, 2.75) is 58.5 Å². The zero-order chi connectivity index (χ0) is 25.0. The average molecular weight is 496 g/mol. The number of rotatable bonds is 5. The van der Waals surface area contributed by atoms with E-state index in [4.69, 9.17) is 0 Å². The van der Waals surface area contributed by atoms with Crippen LogP contribution in [0.1, 0.15) is 38.4 Å². The Bertz CT molecular complexity index is 1450. The number of aromatic nitrogens is 7. The number of anilines is 1. The Kier molecular flexibility index (Phi) is 5.34. The van der Waals surface area contributed by atoms with Gasteiger partial charge in [-0.25, -0.2) is 33.2 Å². The zero-order valence-electron chi connectivity index (χ0n) is 20.2. The van der Waals surface area contributed by atoms with Crippen LogP contribution in [0.15, 0.2) is 24.7 Å². The van der Waals surface area contributed by atoms with Crippen molar-refractivity contribution >= 4 is 28.7 Å². The number of fused-ring (bicyclic) bond motifs is 2. The average Bonchev–Trinajstić information content (AvgIpc) is 3.38. The summed E-state index contributed by atoms with van der Waals surface area (Å²) in [6.07, 6.45) is 6.86. The SMILES string of the molecule is CC(=O)N1CC2(CCC(Nc3ncc4c(-c5cnc6nc(C)n(CC(F)F)c6n5)ccn4n3)CC2)C1. The van der Waals surface area contributed by atoms with Gasteiger partial charge in [-0.2, -0.15) is 0 Å². The van der Waals surface area contributed by atoms with Crippen LogP contribution in [0.2, 0.25) is 0 Å². The third kappa shape index (κ3) is 3.94. The van der Waals surface area contributed by atoms with Crippen LogP contribution in [0.25, 0.3) is 28.1 Å². The first-order chi connectivity index (χ1) is 17.3. The zero-order valence-corrected chi connectivity index (χ0v) is 20.2. The monoisotopic (exact) mass is 495 g/mol. The molecule has 0 radical (unpaired) electrons. The van der Waals surface area contributed by atoms with E-state index in [-0.39, 0.29) is 11.3 Å². The van der Waals surface area contributed by atoms with Gasteiger partial charge in [-0.15, -0.1) is 5.10 Å². The number of halogens is 2. The lowest BCUT2D eigenvalue weighted by molar-refractivity contribution is -0.143. The topological polar surface area (TPSA) is 106 Å². The first kappa shape index (κ1) is 22.7. The Balaban J connectivity index is 1.19. The molecule has 5 heterocycles. The summed E-state index contributed by atoms with van der Waals surface area (Å²) in [7, 11) is 0. The summed E-state index contributed by atoms with van der Waals surface area (Å²) < 4.78 is 29.2. The molecular weight excluding hydrogens is 468 g/mol. The lowest BCUT2D eigenvalue weighted by Crippen LogP contribution is -2.59. The molecule has 1 spiro atoms. The summed E-state index contributed by atoms with van der Waals surface area (Å²) in [4.78, 5) is 31.2. The Hall–Kier alpha value is -3.70. The van der Waals surface area contributed by atoms with Crippen LogP contribution in [0.3, 0.4) is 0 Å². The third-order valence-electron chi connectivity index (χ3n) is 7.54. The molecule has 1 N–H and O–H groups in total. The second kappa shape index (κ2) is 8.45. The van der Waals surface area contributed by atoms with E-state index in [1.165, 1.54) is 4.57 Å². The molecule has 0 bridgehead atoms. The number of imidazole rings is 1. The Morgan fingerprint density at radius 3 is 2.69 bits per heavy atom. The van der Waals surface area contributed by atoms with Gasteiger partial charge in [-0.05, 0) is 38.7 Å². The van der Waals surface area contributed by atoms with Gasteiger partial charge in [0.2, 0.25) is 11.9 Å². The smallest absolute Gasteiger partial charge is 0.256 e. The van der Waals surface area contributed by atoms with E-state index in [9.17, 15) is 13.6 Å². The largest absolute Gasteiger partial charge is 0.350 e. The van der Waals surface area contributed by atoms with E-state index >= 15 is 0 Å². The fraction of sp³-hybridized carbons (Fsp3) is 0.500. The van der Waals surface area contributed by atoms with E-state index in [1.807, 2.05) is 17.2 Å². The molecule has 36 heavy (non-hydrogen) atoms. The lowest BCUT2D eigenvalue weighted by Gasteiger charge is -2.53. The molecule has 2 fully saturated rings. The molecule has 1 amide bonds. The Labute approximate surface area is 205 Å². The predicted octanol–water partition coefficient (Wildman–Crippen LogP) is 3.31. The molecule has 1 saturated heterocycles. The normalized spacial score (nSPS) is 17.9. The molecule has 4 aromatic rings. The number of carbonyl (C=O) groups is 1. The minimum absolute atomic E-state index is 0.161. The molecule has 188 valence electrons. The van der Waals surface area contributed by atoms with Crippen molar-refractivity contribution < 1.29 is 13.6 Å². The van der Waals surface area contributed by atoms with Crippen LogP contribution in [-0.2, 0) is 11.3 Å². The summed E-state index contributed by atoms with van der Waals surface area (Å²) in [5.74, 6) is 1.16. The molecule has 2 aliphatic rings. The van der Waals surface area contributed by atoms with E-state index < -0.39 is 13.0 Å². The van der Waals surface area contributed by atoms with Gasteiger partial charge in [0, 0.05) is 43.2 Å². The fourth-order valence-electron chi connectivity index (χ4n) is 5.53. The number of aryl methyl sites for hydroxylation is 1. The van der Waals surface area contributed by atoms with Gasteiger partial charge in [0.15, 0.2) is 11.3 Å². The van der Waals surface area contributed by atoms with Gasteiger partial charge >= 0.3 is 0 Å². The summed E-state index contributed by atoms with van der Waals surface area (Å²) in [5.41, 5.74) is 3.01. The fourth-order valence-corrected chi connectivity index (χ4v) is 5.53. The molecule has 0 unspecified atom stereocenters. The van der Waals surface area contributed by atoms with Crippen molar-refractivity contribution in [3.63, 3.8) is 0 Å². The van der Waals surface area contributed by atoms with Gasteiger partial charge in [-0.1, -0.05) is 0 Å². The van der Waals surface area contributed by atoms with Crippen LogP contribution in [-0.4, -0.2) is 70.5 Å². The maximum atomic E-state index is 13.1. The number of nitrogens with one attached hydrogen (secondary N) is 1. The van der Waals surface area contributed by atoms with Crippen LogP contribution in [0.5, 0.6) is 0 Å². The second-order valence-corrected chi connectivity index (χ2v) is 10.00. The quantitative estimate of drug-likeness (QED) is 0.453.